The van der Waals surface area contributed by atoms with E-state index in [1.54, 1.807) is 49.6 Å². The van der Waals surface area contributed by atoms with Crippen LogP contribution in [0.25, 0.3) is 0 Å². The van der Waals surface area contributed by atoms with Crippen molar-refractivity contribution in [2.45, 2.75) is 6.42 Å². The summed E-state index contributed by atoms with van der Waals surface area (Å²) < 4.78 is 30.2. The highest BCUT2D eigenvalue weighted by molar-refractivity contribution is 9.10. The Bertz CT molecular complexity index is 1350. The monoisotopic (exact) mass is 600 g/mol. The number of hydrogen-bond donors (Lipinski definition) is 3. The molecular formula is C27H26BrFN4O6. The molecule has 0 aromatic heterocycles. The first-order valence-electron chi connectivity index (χ1n) is 11.6. The van der Waals surface area contributed by atoms with E-state index in [0.717, 1.165) is 5.56 Å². The molecular weight excluding hydrogens is 575 g/mol. The first-order chi connectivity index (χ1) is 18.8. The molecule has 3 aromatic rings. The Morgan fingerprint density at radius 1 is 0.949 bits per heavy atom. The molecule has 3 aromatic carbocycles. The number of nitrogens with one attached hydrogen (secondary N) is 3. The molecule has 0 saturated carbocycles. The molecule has 0 bridgehead atoms. The van der Waals surface area contributed by atoms with Crippen LogP contribution in [-0.4, -0.2) is 51.3 Å². The van der Waals surface area contributed by atoms with Crippen LogP contribution in [0, 0.1) is 5.82 Å². The summed E-state index contributed by atoms with van der Waals surface area (Å²) >= 11 is 3.15. The van der Waals surface area contributed by atoms with Gasteiger partial charge >= 0.3 is 11.8 Å². The van der Waals surface area contributed by atoms with Gasteiger partial charge in [-0.1, -0.05) is 22.0 Å². The van der Waals surface area contributed by atoms with Crippen molar-refractivity contribution in [2.24, 2.45) is 5.10 Å². The number of benzene rings is 3. The average Bonchev–Trinajstić information content (AvgIpc) is 2.93. The van der Waals surface area contributed by atoms with E-state index in [-0.39, 0.29) is 18.8 Å². The minimum absolute atomic E-state index is 0.0481. The number of ether oxygens (including phenoxy) is 3. The highest BCUT2D eigenvalue weighted by Gasteiger charge is 2.12. The van der Waals surface area contributed by atoms with Gasteiger partial charge in [0.05, 0.1) is 26.1 Å². The number of hydrogen-bond acceptors (Lipinski definition) is 7. The van der Waals surface area contributed by atoms with Crippen LogP contribution in [0.2, 0.25) is 0 Å². The lowest BCUT2D eigenvalue weighted by Crippen LogP contribution is -2.38. The molecule has 3 rings (SSSR count). The topological polar surface area (TPSA) is 127 Å². The zero-order valence-electron chi connectivity index (χ0n) is 21.1. The number of hydrazone groups is 1. The quantitative estimate of drug-likeness (QED) is 0.176. The maximum Gasteiger partial charge on any atom is 0.329 e. The van der Waals surface area contributed by atoms with Gasteiger partial charge in [0.15, 0.2) is 18.1 Å². The summed E-state index contributed by atoms with van der Waals surface area (Å²) in [5.41, 5.74) is 3.72. The molecule has 0 heterocycles. The number of carbonyl (C=O) groups excluding carboxylic acids is 3. The van der Waals surface area contributed by atoms with Gasteiger partial charge in [0, 0.05) is 11.0 Å². The average molecular weight is 601 g/mol. The van der Waals surface area contributed by atoms with Crippen molar-refractivity contribution < 1.29 is 33.0 Å². The summed E-state index contributed by atoms with van der Waals surface area (Å²) in [6.07, 6.45) is 1.83. The van der Waals surface area contributed by atoms with Crippen LogP contribution < -0.4 is 30.3 Å². The Morgan fingerprint density at radius 2 is 1.69 bits per heavy atom. The van der Waals surface area contributed by atoms with Gasteiger partial charge < -0.3 is 24.8 Å². The van der Waals surface area contributed by atoms with E-state index in [4.69, 9.17) is 14.2 Å². The van der Waals surface area contributed by atoms with E-state index in [9.17, 15) is 18.8 Å². The maximum absolute atomic E-state index is 13.8. The van der Waals surface area contributed by atoms with Crippen LogP contribution in [-0.2, 0) is 20.8 Å². The van der Waals surface area contributed by atoms with Gasteiger partial charge in [-0.25, -0.2) is 9.82 Å². The second-order valence-electron chi connectivity index (χ2n) is 7.92. The summed E-state index contributed by atoms with van der Waals surface area (Å²) in [5.74, 6) is -1.25. The standard InChI is InChI=1S/C27H26BrFN4O6/c1-37-23-10-5-17(13-24(23)38-2)11-12-30-26(35)27(36)33-31-15-18-3-7-20(8-4-18)39-16-25(34)32-22-9-6-19(28)14-21(22)29/h3-10,13-15H,11-12,16H2,1-2H3,(H,30,35)(H,32,34)(H,33,36)/b31-15-. The predicted octanol–water partition coefficient (Wildman–Crippen LogP) is 3.43. The molecule has 0 aliphatic heterocycles. The lowest BCUT2D eigenvalue weighted by molar-refractivity contribution is -0.139. The van der Waals surface area contributed by atoms with Gasteiger partial charge in [0.25, 0.3) is 5.91 Å². The van der Waals surface area contributed by atoms with Crippen molar-refractivity contribution in [1.82, 2.24) is 10.7 Å². The van der Waals surface area contributed by atoms with Crippen LogP contribution in [0.15, 0.2) is 70.2 Å². The molecule has 0 aliphatic carbocycles. The Morgan fingerprint density at radius 3 is 2.38 bits per heavy atom. The van der Waals surface area contributed by atoms with Gasteiger partial charge in [-0.2, -0.15) is 5.10 Å². The number of anilines is 1. The number of nitrogens with zero attached hydrogens (tertiary/aromatic N) is 1. The zero-order chi connectivity index (χ0) is 28.2. The smallest absolute Gasteiger partial charge is 0.329 e. The fourth-order valence-corrected chi connectivity index (χ4v) is 3.56. The minimum Gasteiger partial charge on any atom is -0.493 e. The van der Waals surface area contributed by atoms with Crippen LogP contribution in [0.3, 0.4) is 0 Å². The normalized spacial score (nSPS) is 10.6. The van der Waals surface area contributed by atoms with Crippen LogP contribution >= 0.6 is 15.9 Å². The molecule has 0 spiro atoms. The van der Waals surface area contributed by atoms with E-state index in [1.165, 1.54) is 25.5 Å². The third-order valence-corrected chi connectivity index (χ3v) is 5.68. The summed E-state index contributed by atoms with van der Waals surface area (Å²) in [7, 11) is 3.08. The summed E-state index contributed by atoms with van der Waals surface area (Å²) in [6.45, 7) is -0.0802. The van der Waals surface area contributed by atoms with Crippen LogP contribution in [0.5, 0.6) is 17.2 Å². The second-order valence-corrected chi connectivity index (χ2v) is 8.84. The maximum atomic E-state index is 13.8. The van der Waals surface area contributed by atoms with E-state index >= 15 is 0 Å². The first kappa shape index (κ1) is 29.1. The number of amides is 3. The molecule has 10 nitrogen and oxygen atoms in total. The third-order valence-electron chi connectivity index (χ3n) is 5.19. The van der Waals surface area contributed by atoms with E-state index < -0.39 is 23.5 Å². The molecule has 0 unspecified atom stereocenters. The van der Waals surface area contributed by atoms with Crippen molar-refractivity contribution in [1.29, 1.82) is 0 Å². The summed E-state index contributed by atoms with van der Waals surface area (Å²) in [5, 5.41) is 8.74. The molecule has 39 heavy (non-hydrogen) atoms. The Labute approximate surface area is 232 Å². The Hall–Kier alpha value is -4.45. The Kier molecular flexibility index (Phi) is 10.8. The molecule has 3 amide bonds. The van der Waals surface area contributed by atoms with E-state index in [2.05, 4.69) is 37.1 Å². The lowest BCUT2D eigenvalue weighted by Gasteiger charge is -2.10. The highest BCUT2D eigenvalue weighted by atomic mass is 79.9. The largest absolute Gasteiger partial charge is 0.493 e. The summed E-state index contributed by atoms with van der Waals surface area (Å²) in [4.78, 5) is 36.0. The van der Waals surface area contributed by atoms with Crippen molar-refractivity contribution in [3.63, 3.8) is 0 Å². The molecule has 12 heteroatoms. The molecule has 0 radical (unpaired) electrons. The number of rotatable bonds is 11. The van der Waals surface area contributed by atoms with Gasteiger partial charge in [0.2, 0.25) is 0 Å². The molecule has 0 fully saturated rings. The molecule has 0 saturated heterocycles. The lowest BCUT2D eigenvalue weighted by atomic mass is 10.1. The van der Waals surface area contributed by atoms with E-state index in [0.29, 0.717) is 33.7 Å². The van der Waals surface area contributed by atoms with Crippen molar-refractivity contribution in [3.8, 4) is 17.2 Å². The second kappa shape index (κ2) is 14.5. The third kappa shape index (κ3) is 9.11. The molecule has 0 aliphatic rings. The minimum atomic E-state index is -0.910. The van der Waals surface area contributed by atoms with Crippen LogP contribution in [0.4, 0.5) is 10.1 Å². The predicted molar refractivity (Wildman–Crippen MR) is 147 cm³/mol. The van der Waals surface area contributed by atoms with Gasteiger partial charge in [-0.05, 0) is 72.1 Å². The van der Waals surface area contributed by atoms with Gasteiger partial charge in [-0.15, -0.1) is 0 Å². The fraction of sp³-hybridized carbons (Fsp3) is 0.185. The number of methoxy groups -OCH3 is 2. The highest BCUT2D eigenvalue weighted by Crippen LogP contribution is 2.27. The first-order valence-corrected chi connectivity index (χ1v) is 12.4. The molecule has 0 atom stereocenters. The van der Waals surface area contributed by atoms with Crippen molar-refractivity contribution in [3.05, 3.63) is 82.1 Å². The van der Waals surface area contributed by atoms with Gasteiger partial charge in [-0.3, -0.25) is 14.4 Å². The summed E-state index contributed by atoms with van der Waals surface area (Å²) in [6, 6.07) is 16.2. The molecule has 3 N–H and O–H groups in total. The number of halogens is 2. The van der Waals surface area contributed by atoms with E-state index in [1.807, 2.05) is 6.07 Å². The van der Waals surface area contributed by atoms with Crippen molar-refractivity contribution in [2.75, 3.05) is 32.7 Å². The fourth-order valence-electron chi connectivity index (χ4n) is 3.23. The van der Waals surface area contributed by atoms with Crippen LogP contribution in [0.1, 0.15) is 11.1 Å². The van der Waals surface area contributed by atoms with Gasteiger partial charge in [0.1, 0.15) is 11.6 Å². The SMILES string of the molecule is COc1ccc(CCNC(=O)C(=O)N/N=C\c2ccc(OCC(=O)Nc3ccc(Br)cc3F)cc2)cc1OC. The number of carbonyl (C=O) groups is 3. The zero-order valence-corrected chi connectivity index (χ0v) is 22.7. The van der Waals surface area contributed by atoms with Crippen molar-refractivity contribution >= 4 is 45.6 Å². The molecule has 204 valence electrons. The Balaban J connectivity index is 1.38.